The molecule has 2 aromatic rings. The number of hydrogen-bond donors (Lipinski definition) is 1. The lowest BCUT2D eigenvalue weighted by Crippen LogP contribution is -2.48. The van der Waals surface area contributed by atoms with Crippen LogP contribution in [0.2, 0.25) is 0 Å². The van der Waals surface area contributed by atoms with Crippen molar-refractivity contribution in [1.82, 2.24) is 9.80 Å². The van der Waals surface area contributed by atoms with Gasteiger partial charge in [-0.2, -0.15) is 0 Å². The molecule has 194 valence electrons. The number of amides is 3. The molecule has 0 saturated carbocycles. The van der Waals surface area contributed by atoms with Gasteiger partial charge < -0.3 is 24.6 Å². The highest BCUT2D eigenvalue weighted by Crippen LogP contribution is 2.27. The fraction of sp³-hybridized carbons (Fsp3) is 0.444. The van der Waals surface area contributed by atoms with Crippen LogP contribution in [0, 0.1) is 11.7 Å². The maximum absolute atomic E-state index is 13.4. The molecule has 1 heterocycles. The van der Waals surface area contributed by atoms with Crippen molar-refractivity contribution in [2.24, 2.45) is 5.92 Å². The number of carbonyl (C=O) groups excluding carboxylic acids is 3. The summed E-state index contributed by atoms with van der Waals surface area (Å²) >= 11 is 0. The lowest BCUT2D eigenvalue weighted by molar-refractivity contribution is -0.135. The topological polar surface area (TPSA) is 88.2 Å². The van der Waals surface area contributed by atoms with Crippen molar-refractivity contribution in [3.05, 3.63) is 59.4 Å². The van der Waals surface area contributed by atoms with Crippen LogP contribution in [-0.2, 0) is 9.53 Å². The average molecular weight is 500 g/mol. The molecule has 0 fully saturated rings. The standard InChI is InChI=1S/C27H34FN3O5/c1-6-25(32)31-14-17(2)24(35-5)15-30(4)27(34)22-13-21(11-12-23(22)36-16-18(31)3)29-26(33)19-7-9-20(28)10-8-19/h7-13,17-18,24H,6,14-16H2,1-5H3,(H,29,33)/t17-,18-,24+/m1/s1. The van der Waals surface area contributed by atoms with E-state index in [1.807, 2.05) is 20.8 Å². The molecule has 0 radical (unpaired) electrons. The Balaban J connectivity index is 1.93. The summed E-state index contributed by atoms with van der Waals surface area (Å²) in [5.41, 5.74) is 0.960. The summed E-state index contributed by atoms with van der Waals surface area (Å²) in [7, 11) is 3.28. The summed E-state index contributed by atoms with van der Waals surface area (Å²) in [6, 6.07) is 9.79. The maximum Gasteiger partial charge on any atom is 0.257 e. The monoisotopic (exact) mass is 499 g/mol. The number of nitrogens with one attached hydrogen (secondary N) is 1. The van der Waals surface area contributed by atoms with E-state index in [9.17, 15) is 18.8 Å². The molecule has 1 aliphatic rings. The van der Waals surface area contributed by atoms with Gasteiger partial charge in [-0.05, 0) is 49.4 Å². The minimum absolute atomic E-state index is 0.0216. The summed E-state index contributed by atoms with van der Waals surface area (Å²) < 4.78 is 24.9. The molecule has 0 saturated heterocycles. The van der Waals surface area contributed by atoms with Crippen molar-refractivity contribution >= 4 is 23.4 Å². The summed E-state index contributed by atoms with van der Waals surface area (Å²) in [6.45, 7) is 6.73. The first kappa shape index (κ1) is 27.1. The normalized spacial score (nSPS) is 21.1. The third-order valence-electron chi connectivity index (χ3n) is 6.43. The van der Waals surface area contributed by atoms with Crippen LogP contribution >= 0.6 is 0 Å². The number of hydrogen-bond acceptors (Lipinski definition) is 5. The Bertz CT molecular complexity index is 1090. The number of methoxy groups -OCH3 is 1. The lowest BCUT2D eigenvalue weighted by atomic mass is 10.0. The minimum atomic E-state index is -0.436. The Labute approximate surface area is 211 Å². The molecule has 36 heavy (non-hydrogen) atoms. The zero-order valence-electron chi connectivity index (χ0n) is 21.4. The molecular weight excluding hydrogens is 465 g/mol. The molecule has 9 heteroatoms. The van der Waals surface area contributed by atoms with Crippen molar-refractivity contribution < 1.29 is 28.2 Å². The van der Waals surface area contributed by atoms with Gasteiger partial charge in [0.25, 0.3) is 11.8 Å². The molecule has 1 N–H and O–H groups in total. The second-order valence-corrected chi connectivity index (χ2v) is 9.17. The van der Waals surface area contributed by atoms with E-state index in [-0.39, 0.29) is 47.6 Å². The number of anilines is 1. The second-order valence-electron chi connectivity index (χ2n) is 9.17. The molecule has 3 atom stereocenters. The number of ether oxygens (including phenoxy) is 2. The molecule has 0 spiro atoms. The number of fused-ring (bicyclic) bond motifs is 1. The lowest BCUT2D eigenvalue weighted by Gasteiger charge is -2.36. The third kappa shape index (κ3) is 6.40. The highest BCUT2D eigenvalue weighted by Gasteiger charge is 2.30. The Morgan fingerprint density at radius 3 is 2.47 bits per heavy atom. The molecule has 0 unspecified atom stereocenters. The average Bonchev–Trinajstić information content (AvgIpc) is 2.87. The van der Waals surface area contributed by atoms with Crippen LogP contribution < -0.4 is 10.1 Å². The summed E-state index contributed by atoms with van der Waals surface area (Å²) in [6.07, 6.45) is 0.0873. The van der Waals surface area contributed by atoms with Gasteiger partial charge in [-0.3, -0.25) is 14.4 Å². The Hall–Kier alpha value is -3.46. The minimum Gasteiger partial charge on any atom is -0.491 e. The summed E-state index contributed by atoms with van der Waals surface area (Å²) in [5.74, 6) is -0.803. The van der Waals surface area contributed by atoms with E-state index in [1.54, 1.807) is 42.2 Å². The van der Waals surface area contributed by atoms with Gasteiger partial charge in [-0.15, -0.1) is 0 Å². The molecule has 1 aliphatic heterocycles. The van der Waals surface area contributed by atoms with Crippen LogP contribution in [0.4, 0.5) is 10.1 Å². The first-order chi connectivity index (χ1) is 17.1. The van der Waals surface area contributed by atoms with Crippen LogP contribution in [0.25, 0.3) is 0 Å². The van der Waals surface area contributed by atoms with E-state index < -0.39 is 11.7 Å². The molecule has 0 aromatic heterocycles. The van der Waals surface area contributed by atoms with Gasteiger partial charge in [0.2, 0.25) is 5.91 Å². The van der Waals surface area contributed by atoms with E-state index in [2.05, 4.69) is 5.32 Å². The summed E-state index contributed by atoms with van der Waals surface area (Å²) in [5, 5.41) is 2.75. The predicted molar refractivity (Wildman–Crippen MR) is 135 cm³/mol. The molecule has 3 amide bonds. The molecule has 3 rings (SSSR count). The Morgan fingerprint density at radius 2 is 1.83 bits per heavy atom. The summed E-state index contributed by atoms with van der Waals surface area (Å²) in [4.78, 5) is 42.1. The van der Waals surface area contributed by atoms with Gasteiger partial charge in [0.1, 0.15) is 18.2 Å². The van der Waals surface area contributed by atoms with E-state index in [0.29, 0.717) is 30.9 Å². The number of rotatable bonds is 4. The number of likely N-dealkylation sites (N-methyl/N-ethyl adjacent to an activating group) is 1. The van der Waals surface area contributed by atoms with Crippen LogP contribution in [0.1, 0.15) is 47.9 Å². The van der Waals surface area contributed by atoms with E-state index in [0.717, 1.165) is 0 Å². The van der Waals surface area contributed by atoms with Gasteiger partial charge in [-0.25, -0.2) is 4.39 Å². The Morgan fingerprint density at radius 1 is 1.14 bits per heavy atom. The van der Waals surface area contributed by atoms with E-state index in [1.165, 1.54) is 24.3 Å². The van der Waals surface area contributed by atoms with Gasteiger partial charge in [0.15, 0.2) is 0 Å². The molecule has 8 nitrogen and oxygen atoms in total. The molecule has 0 aliphatic carbocycles. The largest absolute Gasteiger partial charge is 0.491 e. The third-order valence-corrected chi connectivity index (χ3v) is 6.43. The molecular formula is C27H34FN3O5. The quantitative estimate of drug-likeness (QED) is 0.691. The second kappa shape index (κ2) is 12.0. The van der Waals surface area contributed by atoms with Crippen LogP contribution in [0.15, 0.2) is 42.5 Å². The van der Waals surface area contributed by atoms with Crippen LogP contribution in [0.5, 0.6) is 5.75 Å². The number of benzene rings is 2. The predicted octanol–water partition coefficient (Wildman–Crippen LogP) is 3.82. The molecule has 0 bridgehead atoms. The highest BCUT2D eigenvalue weighted by atomic mass is 19.1. The zero-order chi connectivity index (χ0) is 26.4. The van der Waals surface area contributed by atoms with Gasteiger partial charge in [0, 0.05) is 50.8 Å². The van der Waals surface area contributed by atoms with Gasteiger partial charge >= 0.3 is 0 Å². The van der Waals surface area contributed by atoms with E-state index >= 15 is 0 Å². The smallest absolute Gasteiger partial charge is 0.257 e. The van der Waals surface area contributed by atoms with Crippen molar-refractivity contribution in [3.8, 4) is 5.75 Å². The SMILES string of the molecule is CCC(=O)N1C[C@@H](C)[C@@H](OC)CN(C)C(=O)c2cc(NC(=O)c3ccc(F)cc3)ccc2OC[C@H]1C. The molecule has 2 aromatic carbocycles. The fourth-order valence-electron chi connectivity index (χ4n) is 4.21. The Kier molecular flexibility index (Phi) is 9.03. The van der Waals surface area contributed by atoms with E-state index in [4.69, 9.17) is 9.47 Å². The number of halogens is 1. The number of carbonyl (C=O) groups is 3. The zero-order valence-corrected chi connectivity index (χ0v) is 21.4. The van der Waals surface area contributed by atoms with Crippen molar-refractivity contribution in [2.75, 3.05) is 39.2 Å². The first-order valence-electron chi connectivity index (χ1n) is 12.1. The maximum atomic E-state index is 13.4. The van der Waals surface area contributed by atoms with Gasteiger partial charge in [0.05, 0.1) is 17.7 Å². The number of nitrogens with zero attached hydrogens (tertiary/aromatic N) is 2. The fourth-order valence-corrected chi connectivity index (χ4v) is 4.21. The van der Waals surface area contributed by atoms with Crippen molar-refractivity contribution in [1.29, 1.82) is 0 Å². The van der Waals surface area contributed by atoms with Crippen LogP contribution in [-0.4, -0.2) is 73.5 Å². The van der Waals surface area contributed by atoms with Gasteiger partial charge in [-0.1, -0.05) is 13.8 Å². The first-order valence-corrected chi connectivity index (χ1v) is 12.1. The van der Waals surface area contributed by atoms with Crippen molar-refractivity contribution in [3.63, 3.8) is 0 Å². The van der Waals surface area contributed by atoms with Crippen LogP contribution in [0.3, 0.4) is 0 Å². The highest BCUT2D eigenvalue weighted by molar-refractivity contribution is 6.05. The van der Waals surface area contributed by atoms with Crippen molar-refractivity contribution in [2.45, 2.75) is 39.3 Å².